The Morgan fingerprint density at radius 1 is 0.263 bits per heavy atom. The normalized spacial score (nSPS) is 19.6. The highest BCUT2D eigenvalue weighted by Gasteiger charge is 2.57. The fourth-order valence-electron chi connectivity index (χ4n) is 17.9. The van der Waals surface area contributed by atoms with Crippen molar-refractivity contribution in [3.8, 4) is 28.3 Å². The van der Waals surface area contributed by atoms with Crippen LogP contribution >= 0.6 is 46.6 Å². The molecule has 674 valence electrons. The Bertz CT molecular complexity index is 6810. The van der Waals surface area contributed by atoms with Crippen molar-refractivity contribution in [3.05, 3.63) is 308 Å². The minimum absolute atomic E-state index is 0.105. The van der Waals surface area contributed by atoms with E-state index in [-0.39, 0.29) is 97.0 Å². The second-order valence-electron chi connectivity index (χ2n) is 41.1. The van der Waals surface area contributed by atoms with Crippen LogP contribution in [-0.4, -0.2) is 96.2 Å². The van der Waals surface area contributed by atoms with Crippen molar-refractivity contribution in [2.24, 2.45) is 0 Å². The van der Waals surface area contributed by atoms with Crippen LogP contribution in [0.4, 0.5) is 17.1 Å². The van der Waals surface area contributed by atoms with Crippen LogP contribution in [0.2, 0.25) is 0 Å². The van der Waals surface area contributed by atoms with Crippen LogP contribution in [0, 0.1) is 0 Å². The molecule has 0 aliphatic carbocycles. The fourth-order valence-corrected chi connectivity index (χ4v) is 22.5. The highest BCUT2D eigenvalue weighted by atomic mass is 32.2. The lowest BCUT2D eigenvalue weighted by atomic mass is 9.70. The number of hydrogen-bond acceptors (Lipinski definition) is 16. The van der Waals surface area contributed by atoms with E-state index in [2.05, 4.69) is 429 Å². The van der Waals surface area contributed by atoms with Gasteiger partial charge in [0.2, 0.25) is 0 Å². The first-order valence-electron chi connectivity index (χ1n) is 46.2. The van der Waals surface area contributed by atoms with Gasteiger partial charge in [0.25, 0.3) is 0 Å². The smallest absolute Gasteiger partial charge is 0.455 e. The van der Waals surface area contributed by atoms with Crippen LogP contribution in [0.25, 0.3) is 58.8 Å². The highest BCUT2D eigenvalue weighted by molar-refractivity contribution is 8.05. The average molecular weight is 1840 g/mol. The minimum atomic E-state index is -0.381. The third-order valence-electron chi connectivity index (χ3n) is 29.2. The minimum Gasteiger partial charge on any atom is -0.455 e. The van der Waals surface area contributed by atoms with E-state index in [9.17, 15) is 0 Å². The number of aromatic nitrogens is 1. The van der Waals surface area contributed by atoms with Crippen LogP contribution in [0.5, 0.6) is 11.5 Å². The molecule has 13 aromatic carbocycles. The Balaban J connectivity index is 0.000000108. The van der Waals surface area contributed by atoms with E-state index in [0.29, 0.717) is 0 Å². The molecular formula is C111H115B5N2O11S4. The Morgan fingerprint density at radius 2 is 0.669 bits per heavy atom. The molecular weight excluding hydrogens is 1720 g/mol. The van der Waals surface area contributed by atoms with E-state index in [1.165, 1.54) is 95.2 Å². The molecule has 5 fully saturated rings. The zero-order valence-corrected chi connectivity index (χ0v) is 83.5. The van der Waals surface area contributed by atoms with Gasteiger partial charge in [-0.25, -0.2) is 0 Å². The summed E-state index contributed by atoms with van der Waals surface area (Å²) in [7, 11) is -1.74. The van der Waals surface area contributed by atoms with E-state index in [1.54, 1.807) is 11.8 Å². The molecule has 2 aromatic heterocycles. The van der Waals surface area contributed by atoms with Gasteiger partial charge in [-0.15, -0.1) is 11.3 Å². The topological polar surface area (TPSA) is 110 Å². The van der Waals surface area contributed by atoms with Crippen LogP contribution in [0.3, 0.4) is 0 Å². The van der Waals surface area contributed by atoms with E-state index < -0.39 is 0 Å². The van der Waals surface area contributed by atoms with Gasteiger partial charge in [-0.1, -0.05) is 249 Å². The molecule has 13 nitrogen and oxygen atoms in total. The van der Waals surface area contributed by atoms with Crippen LogP contribution in [0.15, 0.2) is 327 Å². The van der Waals surface area contributed by atoms with Gasteiger partial charge in [0.15, 0.2) is 0 Å². The van der Waals surface area contributed by atoms with Gasteiger partial charge in [-0.3, -0.25) is 0 Å². The fraction of sp³-hybridized carbons (Fsp3) is 0.297. The largest absolute Gasteiger partial charge is 0.496 e. The molecule has 5 saturated heterocycles. The first-order valence-corrected chi connectivity index (χ1v) is 49.5. The van der Waals surface area contributed by atoms with Crippen molar-refractivity contribution < 1.29 is 51.3 Å². The maximum absolute atomic E-state index is 6.36. The number of thiophene rings is 1. The lowest BCUT2D eigenvalue weighted by Crippen LogP contribution is -2.41. The van der Waals surface area contributed by atoms with Crippen molar-refractivity contribution in [3.63, 3.8) is 0 Å². The van der Waals surface area contributed by atoms with Crippen molar-refractivity contribution >= 4 is 169 Å². The summed E-state index contributed by atoms with van der Waals surface area (Å²) < 4.78 is 73.5. The Kier molecular flexibility index (Phi) is 24.1. The van der Waals surface area contributed by atoms with Gasteiger partial charge in [-0.2, -0.15) is 0 Å². The summed E-state index contributed by atoms with van der Waals surface area (Å²) >= 11 is 7.22. The first-order chi connectivity index (χ1) is 63.1. The first kappa shape index (κ1) is 92.5. The summed E-state index contributed by atoms with van der Waals surface area (Å²) in [6, 6.07) is 105. The molecule has 8 aliphatic rings. The second-order valence-corrected chi connectivity index (χ2v) is 45.4. The van der Waals surface area contributed by atoms with Gasteiger partial charge >= 0.3 is 35.6 Å². The molecule has 22 heteroatoms. The molecule has 23 rings (SSSR count). The molecule has 8 aliphatic heterocycles. The monoisotopic (exact) mass is 1830 g/mol. The molecule has 133 heavy (non-hydrogen) atoms. The molecule has 0 bridgehead atoms. The molecule has 0 amide bonds. The van der Waals surface area contributed by atoms with Gasteiger partial charge < -0.3 is 60.7 Å². The summed E-state index contributed by atoms with van der Waals surface area (Å²) in [6.45, 7) is 46.4. The summed E-state index contributed by atoms with van der Waals surface area (Å²) in [5.74, 6) is 1.79. The molecule has 0 radical (unpaired) electrons. The number of hydrogen-bond donors (Lipinski definition) is 0. The van der Waals surface area contributed by atoms with Gasteiger partial charge in [0.05, 0.1) is 82.5 Å². The maximum atomic E-state index is 6.36. The number of rotatable bonds is 8. The van der Waals surface area contributed by atoms with Crippen LogP contribution in [0.1, 0.15) is 163 Å². The predicted octanol–water partition coefficient (Wildman–Crippen LogP) is 26.0. The highest BCUT2D eigenvalue weighted by Crippen LogP contribution is 2.55. The summed E-state index contributed by atoms with van der Waals surface area (Å²) in [5, 5.41) is 5.17. The lowest BCUT2D eigenvalue weighted by Gasteiger charge is -2.42. The summed E-state index contributed by atoms with van der Waals surface area (Å²) in [4.78, 5) is 9.74. The predicted molar refractivity (Wildman–Crippen MR) is 556 cm³/mol. The zero-order chi connectivity index (χ0) is 93.5. The van der Waals surface area contributed by atoms with Crippen molar-refractivity contribution in [1.29, 1.82) is 0 Å². The molecule has 0 atom stereocenters. The van der Waals surface area contributed by atoms with Crippen LogP contribution in [-0.2, 0) is 52.0 Å². The standard InChI is InChI=1S/C27H30BNO2.C24H24BNO2.C24H23BO2S.C18H19BO3S.C18H19BO2S2/c1-25(2)21-14-10-11-15-23(21)29(20-12-8-7-9-13-20)24-18-19(16-17-22(24)25)28-30-26(3,4)27(5,6)31-28;1-23(2)24(3,4)28-25(27-23)17-10-9-11-18(16-17)26-21-14-7-5-12-19(21)20-13-6-8-15-22(20)26;1-23(2)24(3,4)27-25(26-23)17-10-7-9-16(15-17)18-12-8-13-20-19-11-5-6-14-21(19)28-22(18)20;1-17(2)18(3,4)22-19(21-17)12-9-10-14-16(11-12)23-15-8-6-5-7-13(15)20-14;1-17(2)18(3,4)21-19(20-17)12-8-7-11-15-16(12)23-14-10-6-5-9-13(14)22-15/h7-18H,1-6H3;5-16H,1-4H3;5-15H,1-4H3;2*5-11H,1-4H3. The van der Waals surface area contributed by atoms with Crippen LogP contribution < -0.4 is 37.0 Å². The lowest BCUT2D eigenvalue weighted by molar-refractivity contribution is 0.00578. The Morgan fingerprint density at radius 3 is 1.26 bits per heavy atom. The maximum Gasteiger partial charge on any atom is 0.496 e. The molecule has 0 unspecified atom stereocenters. The zero-order valence-electron chi connectivity index (χ0n) is 80.2. The van der Waals surface area contributed by atoms with Gasteiger partial charge in [0, 0.05) is 73.0 Å². The Hall–Kier alpha value is -9.55. The quantitative estimate of drug-likeness (QED) is 0.135. The number of fused-ring (bicyclic) bond motifs is 12. The Labute approximate surface area is 803 Å². The summed E-state index contributed by atoms with van der Waals surface area (Å²) in [5.41, 5.74) is 14.0. The van der Waals surface area contributed by atoms with Crippen molar-refractivity contribution in [2.45, 2.75) is 243 Å². The van der Waals surface area contributed by atoms with Gasteiger partial charge in [-0.05, 0) is 285 Å². The molecule has 0 N–H and O–H groups in total. The van der Waals surface area contributed by atoms with E-state index >= 15 is 0 Å². The number of ether oxygens (including phenoxy) is 1. The average Bonchev–Trinajstić information content (AvgIpc) is 0.960. The van der Waals surface area contributed by atoms with E-state index in [4.69, 9.17) is 51.3 Å². The van der Waals surface area contributed by atoms with Crippen molar-refractivity contribution in [1.82, 2.24) is 4.57 Å². The molecule has 15 aromatic rings. The number of para-hydroxylation sites is 5. The number of nitrogens with zero attached hydrogens (tertiary/aromatic N) is 2. The van der Waals surface area contributed by atoms with E-state index in [1.807, 2.05) is 65.2 Å². The van der Waals surface area contributed by atoms with Gasteiger partial charge in [0.1, 0.15) is 11.5 Å². The molecule has 0 saturated carbocycles. The SMILES string of the molecule is CC1(C)OB(c2ccc3c(c2)Sc2ccccc2O3)OC1(C)C.CC1(C)OB(c2cccc(-c3cccc4c3sc3ccccc34)c2)OC1(C)C.CC1(C)OB(c2cccc(-n3c4ccccc4c4ccccc43)c2)OC1(C)C.CC1(C)OB(c2cccc3c2Sc2ccccc2S3)OC1(C)C.CC1(C)c2ccccc2N(c2ccccc2)c2cc(B3OC(C)(C)C(C)(C)O3)ccc21. The van der Waals surface area contributed by atoms with Crippen molar-refractivity contribution in [2.75, 3.05) is 4.90 Å². The van der Waals surface area contributed by atoms with E-state index in [0.717, 1.165) is 60.0 Å². The second kappa shape index (κ2) is 34.6. The third kappa shape index (κ3) is 17.2. The third-order valence-corrected chi connectivity index (χ3v) is 34.2. The number of anilines is 3. The number of benzene rings is 13. The molecule has 10 heterocycles. The summed E-state index contributed by atoms with van der Waals surface area (Å²) in [6.07, 6.45) is 0. The molecule has 0 spiro atoms.